The maximum absolute atomic E-state index is 14.3. The summed E-state index contributed by atoms with van der Waals surface area (Å²) in [6, 6.07) is 12.1. The molecule has 0 bridgehead atoms. The fourth-order valence-electron chi connectivity index (χ4n) is 3.36. The van der Waals surface area contributed by atoms with Gasteiger partial charge in [-0.25, -0.2) is 4.39 Å². The molecule has 1 unspecified atom stereocenters. The third kappa shape index (κ3) is 4.16. The van der Waals surface area contributed by atoms with E-state index in [1.807, 2.05) is 24.3 Å². The van der Waals surface area contributed by atoms with Crippen molar-refractivity contribution in [2.75, 3.05) is 18.1 Å². The second kappa shape index (κ2) is 8.83. The van der Waals surface area contributed by atoms with E-state index in [9.17, 15) is 9.18 Å². The van der Waals surface area contributed by atoms with E-state index >= 15 is 0 Å². The highest BCUT2D eigenvalue weighted by Crippen LogP contribution is 2.35. The molecule has 0 spiro atoms. The molecule has 0 radical (unpaired) electrons. The van der Waals surface area contributed by atoms with Crippen molar-refractivity contribution in [2.45, 2.75) is 32.1 Å². The van der Waals surface area contributed by atoms with Crippen LogP contribution < -0.4 is 9.64 Å². The van der Waals surface area contributed by atoms with Crippen molar-refractivity contribution in [3.8, 4) is 17.1 Å². The molecular formula is C22H21ClFN3O3. The van der Waals surface area contributed by atoms with Gasteiger partial charge in [0.2, 0.25) is 17.6 Å². The molecule has 0 saturated carbocycles. The van der Waals surface area contributed by atoms with Crippen LogP contribution in [-0.2, 0) is 4.79 Å². The lowest BCUT2D eigenvalue weighted by Crippen LogP contribution is -2.25. The number of halogens is 2. The van der Waals surface area contributed by atoms with Gasteiger partial charge in [0.05, 0.1) is 23.2 Å². The number of carbonyl (C=O) groups excluding carboxylic acids is 1. The van der Waals surface area contributed by atoms with Crippen LogP contribution in [0.3, 0.4) is 0 Å². The highest BCUT2D eigenvalue weighted by Gasteiger charge is 2.36. The van der Waals surface area contributed by atoms with Crippen molar-refractivity contribution in [1.82, 2.24) is 10.1 Å². The first-order valence-corrected chi connectivity index (χ1v) is 10.3. The maximum Gasteiger partial charge on any atom is 0.232 e. The number of carbonyl (C=O) groups is 1. The van der Waals surface area contributed by atoms with Crippen LogP contribution >= 0.6 is 11.6 Å². The molecule has 3 aromatic rings. The van der Waals surface area contributed by atoms with E-state index in [1.165, 1.54) is 17.0 Å². The molecule has 6 nitrogen and oxygen atoms in total. The van der Waals surface area contributed by atoms with Crippen molar-refractivity contribution in [3.63, 3.8) is 0 Å². The van der Waals surface area contributed by atoms with Gasteiger partial charge in [-0.05, 0) is 42.8 Å². The van der Waals surface area contributed by atoms with Crippen LogP contribution in [0, 0.1) is 5.82 Å². The molecule has 1 fully saturated rings. The van der Waals surface area contributed by atoms with Gasteiger partial charge in [0.1, 0.15) is 5.75 Å². The van der Waals surface area contributed by atoms with Crippen molar-refractivity contribution in [1.29, 1.82) is 0 Å². The number of nitrogens with zero attached hydrogens (tertiary/aromatic N) is 3. The maximum atomic E-state index is 14.3. The van der Waals surface area contributed by atoms with E-state index in [0.29, 0.717) is 18.3 Å². The lowest BCUT2D eigenvalue weighted by atomic mass is 10.1. The molecule has 0 N–H and O–H groups in total. The number of aromatic nitrogens is 2. The summed E-state index contributed by atoms with van der Waals surface area (Å²) >= 11 is 5.85. The van der Waals surface area contributed by atoms with E-state index in [0.717, 1.165) is 24.2 Å². The zero-order valence-corrected chi connectivity index (χ0v) is 17.2. The van der Waals surface area contributed by atoms with E-state index in [2.05, 4.69) is 17.1 Å². The zero-order chi connectivity index (χ0) is 21.1. The van der Waals surface area contributed by atoms with Crippen molar-refractivity contribution >= 4 is 23.2 Å². The Morgan fingerprint density at radius 1 is 1.27 bits per heavy atom. The SMILES string of the molecule is CCCCOc1ccc(-c2noc(C3CC(=O)N(c4cccc(Cl)c4F)C3)n2)cc1. The molecule has 0 aliphatic carbocycles. The van der Waals surface area contributed by atoms with Gasteiger partial charge in [0.15, 0.2) is 5.82 Å². The third-order valence-electron chi connectivity index (χ3n) is 5.02. The first kappa shape index (κ1) is 20.3. The Balaban J connectivity index is 1.47. The number of hydrogen-bond donors (Lipinski definition) is 0. The third-order valence-corrected chi connectivity index (χ3v) is 5.31. The second-order valence-electron chi connectivity index (χ2n) is 7.16. The highest BCUT2D eigenvalue weighted by molar-refractivity contribution is 6.31. The summed E-state index contributed by atoms with van der Waals surface area (Å²) in [5.41, 5.74) is 0.948. The second-order valence-corrected chi connectivity index (χ2v) is 7.57. The largest absolute Gasteiger partial charge is 0.494 e. The molecule has 8 heteroatoms. The topological polar surface area (TPSA) is 68.5 Å². The zero-order valence-electron chi connectivity index (χ0n) is 16.5. The first-order chi connectivity index (χ1) is 14.6. The van der Waals surface area contributed by atoms with Gasteiger partial charge in [-0.1, -0.05) is 36.2 Å². The van der Waals surface area contributed by atoms with Gasteiger partial charge >= 0.3 is 0 Å². The minimum atomic E-state index is -0.611. The number of amides is 1. The normalized spacial score (nSPS) is 16.3. The van der Waals surface area contributed by atoms with Crippen molar-refractivity contribution in [2.24, 2.45) is 0 Å². The van der Waals surface area contributed by atoms with Crippen LogP contribution in [0.4, 0.5) is 10.1 Å². The molecule has 156 valence electrons. The molecule has 1 amide bonds. The summed E-state index contributed by atoms with van der Waals surface area (Å²) in [7, 11) is 0. The molecule has 1 aromatic heterocycles. The minimum absolute atomic E-state index is 0.0223. The molecule has 1 saturated heterocycles. The Kier molecular flexibility index (Phi) is 5.99. The lowest BCUT2D eigenvalue weighted by Gasteiger charge is -2.17. The Morgan fingerprint density at radius 2 is 2.07 bits per heavy atom. The summed E-state index contributed by atoms with van der Waals surface area (Å²) in [6.07, 6.45) is 2.25. The first-order valence-electron chi connectivity index (χ1n) is 9.88. The van der Waals surface area contributed by atoms with E-state index < -0.39 is 5.82 Å². The Morgan fingerprint density at radius 3 is 2.83 bits per heavy atom. The number of rotatable bonds is 7. The van der Waals surface area contributed by atoms with Gasteiger partial charge in [-0.15, -0.1) is 0 Å². The van der Waals surface area contributed by atoms with Crippen LogP contribution in [0.15, 0.2) is 47.0 Å². The van der Waals surface area contributed by atoms with Crippen molar-refractivity contribution < 1.29 is 18.4 Å². The molecule has 1 aliphatic rings. The van der Waals surface area contributed by atoms with E-state index in [-0.39, 0.29) is 35.5 Å². The molecule has 2 aromatic carbocycles. The van der Waals surface area contributed by atoms with Gasteiger partial charge < -0.3 is 14.2 Å². The van der Waals surface area contributed by atoms with Crippen LogP contribution in [0.2, 0.25) is 5.02 Å². The van der Waals surface area contributed by atoms with E-state index in [4.69, 9.17) is 20.9 Å². The van der Waals surface area contributed by atoms with Crippen LogP contribution in [0.5, 0.6) is 5.75 Å². The Hall–Kier alpha value is -2.93. The molecule has 4 rings (SSSR count). The van der Waals surface area contributed by atoms with Gasteiger partial charge in [-0.2, -0.15) is 4.98 Å². The molecular weight excluding hydrogens is 409 g/mol. The summed E-state index contributed by atoms with van der Waals surface area (Å²) in [6.45, 7) is 3.05. The average Bonchev–Trinajstić information content (AvgIpc) is 3.38. The summed E-state index contributed by atoms with van der Waals surface area (Å²) < 4.78 is 25.4. The summed E-state index contributed by atoms with van der Waals surface area (Å²) in [5.74, 6) is 0.442. The lowest BCUT2D eigenvalue weighted by molar-refractivity contribution is -0.117. The van der Waals surface area contributed by atoms with Gasteiger partial charge in [0, 0.05) is 18.5 Å². The van der Waals surface area contributed by atoms with Crippen LogP contribution in [-0.4, -0.2) is 29.2 Å². The highest BCUT2D eigenvalue weighted by atomic mass is 35.5. The Bertz CT molecular complexity index is 1040. The molecule has 2 heterocycles. The number of hydrogen-bond acceptors (Lipinski definition) is 5. The number of anilines is 1. The van der Waals surface area contributed by atoms with Crippen molar-refractivity contribution in [3.05, 3.63) is 59.2 Å². The standard InChI is InChI=1S/C22H21ClFN3O3/c1-2-3-11-29-16-9-7-14(8-10-16)21-25-22(30-26-21)15-12-19(28)27(13-15)18-6-4-5-17(23)20(18)24/h4-10,15H,2-3,11-13H2,1H3. The summed E-state index contributed by atoms with van der Waals surface area (Å²) in [5, 5.41) is 4.02. The number of ether oxygens (including phenoxy) is 1. The molecule has 1 aliphatic heterocycles. The van der Waals surface area contributed by atoms with Gasteiger partial charge in [-0.3, -0.25) is 4.79 Å². The fourth-order valence-corrected chi connectivity index (χ4v) is 3.53. The predicted molar refractivity (Wildman–Crippen MR) is 111 cm³/mol. The van der Waals surface area contributed by atoms with Crippen LogP contribution in [0.1, 0.15) is 38.0 Å². The van der Waals surface area contributed by atoms with Gasteiger partial charge in [0.25, 0.3) is 0 Å². The number of benzene rings is 2. The summed E-state index contributed by atoms with van der Waals surface area (Å²) in [4.78, 5) is 18.3. The Labute approximate surface area is 178 Å². The molecule has 30 heavy (non-hydrogen) atoms. The van der Waals surface area contributed by atoms with E-state index in [1.54, 1.807) is 6.07 Å². The quantitative estimate of drug-likeness (QED) is 0.481. The minimum Gasteiger partial charge on any atom is -0.494 e. The monoisotopic (exact) mass is 429 g/mol. The predicted octanol–water partition coefficient (Wildman–Crippen LogP) is 5.23. The molecule has 1 atom stereocenters. The number of unbranched alkanes of at least 4 members (excludes halogenated alkanes) is 1. The fraction of sp³-hybridized carbons (Fsp3) is 0.318. The van der Waals surface area contributed by atoms with Crippen LogP contribution in [0.25, 0.3) is 11.4 Å². The average molecular weight is 430 g/mol. The smallest absolute Gasteiger partial charge is 0.232 e.